The number of benzene rings is 1. The topological polar surface area (TPSA) is 38.3 Å². The van der Waals surface area contributed by atoms with Crippen molar-refractivity contribution in [2.24, 2.45) is 17.8 Å². The summed E-state index contributed by atoms with van der Waals surface area (Å²) >= 11 is 0. The van der Waals surface area contributed by atoms with Crippen LogP contribution in [0.4, 0.5) is 4.39 Å². The number of nitrogens with one attached hydrogen (secondary N) is 1. The highest BCUT2D eigenvalue weighted by molar-refractivity contribution is 5.74. The molecule has 4 unspecified atom stereocenters. The molecule has 0 heterocycles. The van der Waals surface area contributed by atoms with E-state index in [1.54, 1.807) is 12.1 Å². The molecule has 0 aliphatic heterocycles. The molecule has 1 aromatic rings. The molecular weight excluding hydrogens is 281 g/mol. The van der Waals surface area contributed by atoms with Crippen LogP contribution in [0.2, 0.25) is 0 Å². The number of esters is 1. The zero-order valence-electron chi connectivity index (χ0n) is 13.1. The van der Waals surface area contributed by atoms with Crippen molar-refractivity contribution in [1.29, 1.82) is 0 Å². The van der Waals surface area contributed by atoms with Crippen molar-refractivity contribution in [2.75, 3.05) is 7.11 Å². The number of hydrogen-bond donors (Lipinski definition) is 1. The van der Waals surface area contributed by atoms with Gasteiger partial charge in [0.1, 0.15) is 5.82 Å². The molecule has 2 bridgehead atoms. The van der Waals surface area contributed by atoms with E-state index in [4.69, 9.17) is 4.74 Å². The molecule has 3 aliphatic rings. The number of hydrogen-bond acceptors (Lipinski definition) is 3. The summed E-state index contributed by atoms with van der Waals surface area (Å²) < 4.78 is 18.1. The average molecular weight is 305 g/mol. The van der Waals surface area contributed by atoms with Crippen molar-refractivity contribution in [1.82, 2.24) is 5.32 Å². The quantitative estimate of drug-likeness (QED) is 0.868. The Morgan fingerprint density at radius 1 is 1.18 bits per heavy atom. The van der Waals surface area contributed by atoms with Gasteiger partial charge in [0.15, 0.2) is 0 Å². The van der Waals surface area contributed by atoms with Crippen molar-refractivity contribution in [3.8, 4) is 0 Å². The first-order valence-electron chi connectivity index (χ1n) is 8.24. The van der Waals surface area contributed by atoms with E-state index < -0.39 is 0 Å². The van der Waals surface area contributed by atoms with Crippen LogP contribution in [0, 0.1) is 23.6 Å². The molecule has 4 heteroatoms. The van der Waals surface area contributed by atoms with Crippen molar-refractivity contribution in [2.45, 2.75) is 44.7 Å². The predicted octanol–water partition coefficient (Wildman–Crippen LogP) is 3.28. The molecule has 22 heavy (non-hydrogen) atoms. The Labute approximate surface area is 131 Å². The molecule has 3 nitrogen and oxygen atoms in total. The number of ether oxygens (including phenoxy) is 1. The highest BCUT2D eigenvalue weighted by atomic mass is 19.1. The molecule has 3 aliphatic carbocycles. The molecule has 1 N–H and O–H groups in total. The second-order valence-corrected chi connectivity index (χ2v) is 6.61. The molecule has 0 amide bonds. The van der Waals surface area contributed by atoms with Crippen LogP contribution in [0.25, 0.3) is 0 Å². The van der Waals surface area contributed by atoms with Crippen molar-refractivity contribution in [3.05, 3.63) is 35.6 Å². The lowest BCUT2D eigenvalue weighted by Crippen LogP contribution is -2.50. The lowest BCUT2D eigenvalue weighted by Gasteiger charge is -2.39. The van der Waals surface area contributed by atoms with Crippen molar-refractivity contribution >= 4 is 5.97 Å². The Morgan fingerprint density at radius 3 is 2.59 bits per heavy atom. The normalized spacial score (nSPS) is 30.8. The monoisotopic (exact) mass is 305 g/mol. The van der Waals surface area contributed by atoms with Crippen LogP contribution in [0.15, 0.2) is 24.3 Å². The van der Waals surface area contributed by atoms with E-state index >= 15 is 0 Å². The first-order chi connectivity index (χ1) is 10.7. The third-order valence-corrected chi connectivity index (χ3v) is 5.39. The minimum absolute atomic E-state index is 0.0355. The maximum atomic E-state index is 13.0. The fraction of sp³-hybridized carbons (Fsp3) is 0.611. The van der Waals surface area contributed by atoms with Gasteiger partial charge in [-0.1, -0.05) is 18.6 Å². The minimum atomic E-state index is -0.218. The fourth-order valence-corrected chi connectivity index (χ4v) is 4.27. The van der Waals surface area contributed by atoms with E-state index in [0.717, 1.165) is 18.4 Å². The Morgan fingerprint density at radius 2 is 1.86 bits per heavy atom. The van der Waals surface area contributed by atoms with E-state index in [-0.39, 0.29) is 23.7 Å². The zero-order valence-corrected chi connectivity index (χ0v) is 13.1. The van der Waals surface area contributed by atoms with E-state index in [1.807, 2.05) is 0 Å². The van der Waals surface area contributed by atoms with Gasteiger partial charge in [-0.3, -0.25) is 4.79 Å². The summed E-state index contributed by atoms with van der Waals surface area (Å²) in [5.41, 5.74) is 1.05. The summed E-state index contributed by atoms with van der Waals surface area (Å²) in [5.74, 6) is 0.657. The second kappa shape index (κ2) is 6.78. The maximum Gasteiger partial charge on any atom is 0.310 e. The van der Waals surface area contributed by atoms with Crippen LogP contribution >= 0.6 is 0 Å². The van der Waals surface area contributed by atoms with Crippen LogP contribution in [0.1, 0.15) is 37.7 Å². The molecule has 3 saturated carbocycles. The van der Waals surface area contributed by atoms with Gasteiger partial charge < -0.3 is 10.1 Å². The van der Waals surface area contributed by atoms with Gasteiger partial charge in [0.05, 0.1) is 13.0 Å². The molecule has 4 atom stereocenters. The summed E-state index contributed by atoms with van der Waals surface area (Å²) in [6.45, 7) is 0.668. The number of rotatable bonds is 4. The van der Waals surface area contributed by atoms with E-state index in [2.05, 4.69) is 5.32 Å². The second-order valence-electron chi connectivity index (χ2n) is 6.61. The van der Waals surface area contributed by atoms with Crippen molar-refractivity contribution in [3.63, 3.8) is 0 Å². The fourth-order valence-electron chi connectivity index (χ4n) is 4.27. The third-order valence-electron chi connectivity index (χ3n) is 5.39. The Hall–Kier alpha value is -1.42. The Kier molecular flexibility index (Phi) is 4.77. The van der Waals surface area contributed by atoms with Gasteiger partial charge in [0.25, 0.3) is 0 Å². The predicted molar refractivity (Wildman–Crippen MR) is 82.6 cm³/mol. The van der Waals surface area contributed by atoms with Gasteiger partial charge in [0.2, 0.25) is 0 Å². The lowest BCUT2D eigenvalue weighted by molar-refractivity contribution is -0.150. The molecular formula is C18H24FNO2. The molecule has 120 valence electrons. The summed E-state index contributed by atoms with van der Waals surface area (Å²) in [5, 5.41) is 3.57. The van der Waals surface area contributed by atoms with Gasteiger partial charge >= 0.3 is 5.97 Å². The number of carbonyl (C=O) groups excluding carboxylic acids is 1. The molecule has 4 rings (SSSR count). The Balaban J connectivity index is 1.73. The van der Waals surface area contributed by atoms with Gasteiger partial charge in [-0.25, -0.2) is 4.39 Å². The Bertz CT molecular complexity index is 512. The number of carbonyl (C=O) groups is 1. The van der Waals surface area contributed by atoms with E-state index in [0.29, 0.717) is 18.4 Å². The third kappa shape index (κ3) is 3.17. The van der Waals surface area contributed by atoms with Gasteiger partial charge in [-0.05, 0) is 55.2 Å². The van der Waals surface area contributed by atoms with Crippen LogP contribution in [0.3, 0.4) is 0 Å². The van der Waals surface area contributed by atoms with E-state index in [1.165, 1.54) is 38.5 Å². The van der Waals surface area contributed by atoms with Crippen LogP contribution < -0.4 is 5.32 Å². The smallest absolute Gasteiger partial charge is 0.310 e. The molecule has 0 saturated heterocycles. The number of fused-ring (bicyclic) bond motifs is 4. The molecule has 0 spiro atoms. The molecule has 1 aromatic carbocycles. The van der Waals surface area contributed by atoms with Gasteiger partial charge in [0, 0.05) is 12.6 Å². The summed E-state index contributed by atoms with van der Waals surface area (Å²) in [4.78, 5) is 12.3. The van der Waals surface area contributed by atoms with Crippen LogP contribution in [0.5, 0.6) is 0 Å². The zero-order chi connectivity index (χ0) is 15.5. The highest BCUT2D eigenvalue weighted by Gasteiger charge is 2.45. The summed E-state index contributed by atoms with van der Waals surface area (Å²) in [6, 6.07) is 6.73. The van der Waals surface area contributed by atoms with Gasteiger partial charge in [-0.2, -0.15) is 0 Å². The van der Waals surface area contributed by atoms with Crippen LogP contribution in [-0.4, -0.2) is 19.1 Å². The van der Waals surface area contributed by atoms with Gasteiger partial charge in [-0.15, -0.1) is 0 Å². The molecule has 0 aromatic heterocycles. The first-order valence-corrected chi connectivity index (χ1v) is 8.24. The standard InChI is InChI=1S/C18H24FNO2/c1-22-18(21)16-13-3-2-4-14(8-7-13)17(16)20-11-12-5-9-15(19)10-6-12/h5-6,9-10,13-14,16-17,20H,2-4,7-8,11H2,1H3. The molecule has 0 radical (unpaired) electrons. The average Bonchev–Trinajstić information content (AvgIpc) is 2.87. The summed E-state index contributed by atoms with van der Waals surface area (Å²) in [6.07, 6.45) is 5.85. The number of methoxy groups -OCH3 is 1. The van der Waals surface area contributed by atoms with Crippen LogP contribution in [-0.2, 0) is 16.1 Å². The first kappa shape index (κ1) is 15.5. The number of halogens is 1. The maximum absolute atomic E-state index is 13.0. The van der Waals surface area contributed by atoms with E-state index in [9.17, 15) is 9.18 Å². The van der Waals surface area contributed by atoms with Crippen molar-refractivity contribution < 1.29 is 13.9 Å². The lowest BCUT2D eigenvalue weighted by atomic mass is 9.71. The highest BCUT2D eigenvalue weighted by Crippen LogP contribution is 2.43. The molecule has 3 fully saturated rings. The summed E-state index contributed by atoms with van der Waals surface area (Å²) in [7, 11) is 1.48. The SMILES string of the molecule is COC(=O)C1C2CCCC(CC2)C1NCc1ccc(F)cc1. The largest absolute Gasteiger partial charge is 0.469 e. The minimum Gasteiger partial charge on any atom is -0.469 e.